The van der Waals surface area contributed by atoms with Crippen LogP contribution in [0.15, 0.2) is 0 Å². The van der Waals surface area contributed by atoms with Crippen molar-refractivity contribution in [3.8, 4) is 0 Å². The second kappa shape index (κ2) is 6.77. The average molecular weight is 354 g/mol. The van der Waals surface area contributed by atoms with Gasteiger partial charge in [-0.2, -0.15) is 43.9 Å². The molecule has 3 nitrogen and oxygen atoms in total. The van der Waals surface area contributed by atoms with Crippen LogP contribution in [0.2, 0.25) is 0 Å². The summed E-state index contributed by atoms with van der Waals surface area (Å²) in [6.45, 7) is -2.94. The third-order valence-electron chi connectivity index (χ3n) is 2.10. The number of carbonyl (C=O) groups excluding carboxylic acids is 1. The first kappa shape index (κ1) is 20.6. The van der Waals surface area contributed by atoms with Gasteiger partial charge in [-0.25, -0.2) is 4.79 Å². The zero-order valence-electron chi connectivity index (χ0n) is 10.3. The summed E-state index contributed by atoms with van der Waals surface area (Å²) >= 11 is 0. The van der Waals surface area contributed by atoms with Crippen LogP contribution < -0.4 is 0 Å². The highest BCUT2D eigenvalue weighted by Crippen LogP contribution is 2.38. The van der Waals surface area contributed by atoms with Crippen LogP contribution in [0.3, 0.4) is 0 Å². The van der Waals surface area contributed by atoms with Crippen molar-refractivity contribution in [2.24, 2.45) is 0 Å². The van der Waals surface area contributed by atoms with E-state index in [0.717, 1.165) is 0 Å². The average Bonchev–Trinajstić information content (AvgIpc) is 2.25. The molecule has 0 fully saturated rings. The lowest BCUT2D eigenvalue weighted by molar-refractivity contribution is -0.287. The summed E-state index contributed by atoms with van der Waals surface area (Å²) < 4.78 is 127. The van der Waals surface area contributed by atoms with Gasteiger partial charge >= 0.3 is 30.4 Å². The van der Waals surface area contributed by atoms with Gasteiger partial charge in [0.2, 0.25) is 0 Å². The number of halogens is 10. The quantitative estimate of drug-likeness (QED) is 0.527. The summed E-state index contributed by atoms with van der Waals surface area (Å²) in [5, 5.41) is 0. The second-order valence-electron chi connectivity index (χ2n) is 3.85. The van der Waals surface area contributed by atoms with E-state index in [1.807, 2.05) is 0 Å². The van der Waals surface area contributed by atoms with Crippen molar-refractivity contribution in [1.29, 1.82) is 0 Å². The molecule has 0 rings (SSSR count). The molecule has 0 aromatic heterocycles. The minimum absolute atomic E-state index is 1.47. The van der Waals surface area contributed by atoms with Crippen LogP contribution in [-0.2, 0) is 9.47 Å². The predicted molar refractivity (Wildman–Crippen MR) is 48.5 cm³/mol. The van der Waals surface area contributed by atoms with Crippen LogP contribution in [0.1, 0.15) is 12.8 Å². The zero-order valence-corrected chi connectivity index (χ0v) is 10.3. The SMILES string of the molecule is O=C(OCCC(F)(F)C(F)(F)F)OCCC(F)(F)C(F)(F)F. The fraction of sp³-hybridized carbons (Fsp3) is 0.889. The van der Waals surface area contributed by atoms with Crippen molar-refractivity contribution in [1.82, 2.24) is 0 Å². The molecule has 0 unspecified atom stereocenters. The van der Waals surface area contributed by atoms with Crippen LogP contribution in [0.4, 0.5) is 48.7 Å². The molecule has 0 saturated carbocycles. The Balaban J connectivity index is 4.09. The lowest BCUT2D eigenvalue weighted by Crippen LogP contribution is -2.38. The summed E-state index contributed by atoms with van der Waals surface area (Å²) in [5.74, 6) is -10.3. The molecule has 22 heavy (non-hydrogen) atoms. The zero-order chi connectivity index (χ0) is 17.8. The van der Waals surface area contributed by atoms with E-state index in [2.05, 4.69) is 9.47 Å². The summed E-state index contributed by atoms with van der Waals surface area (Å²) in [5.41, 5.74) is 0. The molecule has 0 amide bonds. The van der Waals surface area contributed by atoms with E-state index in [1.54, 1.807) is 0 Å². The Morgan fingerprint density at radius 2 is 0.909 bits per heavy atom. The van der Waals surface area contributed by atoms with Gasteiger partial charge in [-0.1, -0.05) is 0 Å². The first-order valence-electron chi connectivity index (χ1n) is 5.29. The number of ether oxygens (including phenoxy) is 2. The summed E-state index contributed by atoms with van der Waals surface area (Å²) in [4.78, 5) is 10.6. The molecular weight excluding hydrogens is 346 g/mol. The number of alkyl halides is 10. The molecule has 13 heteroatoms. The highest BCUT2D eigenvalue weighted by molar-refractivity contribution is 5.59. The maximum atomic E-state index is 12.3. The van der Waals surface area contributed by atoms with Crippen molar-refractivity contribution in [2.75, 3.05) is 13.2 Å². The summed E-state index contributed by atoms with van der Waals surface area (Å²) in [6, 6.07) is 0. The Morgan fingerprint density at radius 1 is 0.636 bits per heavy atom. The van der Waals surface area contributed by atoms with Crippen LogP contribution >= 0.6 is 0 Å². The van der Waals surface area contributed by atoms with E-state index in [0.29, 0.717) is 0 Å². The van der Waals surface area contributed by atoms with Crippen LogP contribution in [0.25, 0.3) is 0 Å². The molecule has 0 N–H and O–H groups in total. The number of carbonyl (C=O) groups is 1. The van der Waals surface area contributed by atoms with Gasteiger partial charge in [-0.3, -0.25) is 0 Å². The molecule has 0 aliphatic heterocycles. The molecule has 0 radical (unpaired) electrons. The Morgan fingerprint density at radius 3 is 1.14 bits per heavy atom. The van der Waals surface area contributed by atoms with Crippen LogP contribution in [-0.4, -0.2) is 43.6 Å². The molecule has 0 aromatic carbocycles. The minimum Gasteiger partial charge on any atom is -0.434 e. The van der Waals surface area contributed by atoms with Gasteiger partial charge in [0, 0.05) is 0 Å². The summed E-state index contributed by atoms with van der Waals surface area (Å²) in [7, 11) is 0. The van der Waals surface area contributed by atoms with E-state index >= 15 is 0 Å². The molecule has 0 heterocycles. The molecular formula is C9H8F10O3. The topological polar surface area (TPSA) is 35.5 Å². The molecule has 0 aliphatic rings. The van der Waals surface area contributed by atoms with Crippen molar-refractivity contribution in [3.63, 3.8) is 0 Å². The lowest BCUT2D eigenvalue weighted by atomic mass is 10.2. The second-order valence-corrected chi connectivity index (χ2v) is 3.85. The third kappa shape index (κ3) is 6.13. The van der Waals surface area contributed by atoms with Gasteiger partial charge in [0.05, 0.1) is 12.8 Å². The maximum Gasteiger partial charge on any atom is 0.508 e. The van der Waals surface area contributed by atoms with Gasteiger partial charge < -0.3 is 9.47 Å². The Kier molecular flexibility index (Phi) is 6.33. The van der Waals surface area contributed by atoms with Crippen molar-refractivity contribution in [3.05, 3.63) is 0 Å². The molecule has 132 valence electrons. The first-order chi connectivity index (χ1) is 9.60. The van der Waals surface area contributed by atoms with Gasteiger partial charge in [0.1, 0.15) is 13.2 Å². The smallest absolute Gasteiger partial charge is 0.434 e. The van der Waals surface area contributed by atoms with Crippen molar-refractivity contribution >= 4 is 6.16 Å². The lowest BCUT2D eigenvalue weighted by Gasteiger charge is -2.20. The molecule has 0 atom stereocenters. The van der Waals surface area contributed by atoms with Crippen molar-refractivity contribution < 1.29 is 58.2 Å². The van der Waals surface area contributed by atoms with Gasteiger partial charge in [-0.05, 0) is 0 Å². The molecule has 0 aliphatic carbocycles. The third-order valence-corrected chi connectivity index (χ3v) is 2.10. The van der Waals surface area contributed by atoms with E-state index in [9.17, 15) is 48.7 Å². The standard InChI is InChI=1S/C9H8F10O3/c10-6(11,8(14,15)16)1-3-21-5(20)22-4-2-7(12,13)9(17,18)19/h1-4H2. The van der Waals surface area contributed by atoms with E-state index in [1.165, 1.54) is 0 Å². The molecule has 0 aromatic rings. The van der Waals surface area contributed by atoms with Crippen molar-refractivity contribution in [2.45, 2.75) is 37.0 Å². The van der Waals surface area contributed by atoms with Gasteiger partial charge in [0.25, 0.3) is 0 Å². The number of hydrogen-bond acceptors (Lipinski definition) is 3. The Bertz CT molecular complexity index is 339. The minimum atomic E-state index is -5.88. The highest BCUT2D eigenvalue weighted by Gasteiger charge is 2.57. The van der Waals surface area contributed by atoms with Gasteiger partial charge in [0.15, 0.2) is 0 Å². The first-order valence-corrected chi connectivity index (χ1v) is 5.29. The fourth-order valence-electron chi connectivity index (χ4n) is 0.850. The number of rotatable bonds is 6. The highest BCUT2D eigenvalue weighted by atomic mass is 19.4. The molecule has 0 saturated heterocycles. The van der Waals surface area contributed by atoms with E-state index in [4.69, 9.17) is 0 Å². The largest absolute Gasteiger partial charge is 0.508 e. The van der Waals surface area contributed by atoms with Gasteiger partial charge in [-0.15, -0.1) is 0 Å². The Hall–Kier alpha value is -1.43. The van der Waals surface area contributed by atoms with E-state index in [-0.39, 0.29) is 0 Å². The van der Waals surface area contributed by atoms with Crippen LogP contribution in [0, 0.1) is 0 Å². The molecule has 0 spiro atoms. The summed E-state index contributed by atoms with van der Waals surface area (Å²) in [6.07, 6.45) is -17.6. The Labute approximate surface area is 116 Å². The monoisotopic (exact) mass is 354 g/mol. The van der Waals surface area contributed by atoms with Crippen LogP contribution in [0.5, 0.6) is 0 Å². The number of hydrogen-bond donors (Lipinski definition) is 0. The predicted octanol–water partition coefficient (Wildman–Crippen LogP) is 4.32. The fourth-order valence-corrected chi connectivity index (χ4v) is 0.850. The normalized spacial score (nSPS) is 13.9. The van der Waals surface area contributed by atoms with E-state index < -0.39 is 56.4 Å². The molecule has 0 bridgehead atoms. The maximum absolute atomic E-state index is 12.3.